The number of fused-ring (bicyclic) bond motifs is 1. The Bertz CT molecular complexity index is 497. The first-order valence-electron chi connectivity index (χ1n) is 6.12. The van der Waals surface area contributed by atoms with Gasteiger partial charge in [0.1, 0.15) is 6.11 Å². The Morgan fingerprint density at radius 3 is 2.94 bits per heavy atom. The minimum atomic E-state index is 0.717. The highest BCUT2D eigenvalue weighted by molar-refractivity contribution is 5.81. The third-order valence-corrected chi connectivity index (χ3v) is 2.64. The third-order valence-electron chi connectivity index (χ3n) is 2.64. The first-order valence-corrected chi connectivity index (χ1v) is 6.12. The van der Waals surface area contributed by atoms with E-state index in [1.54, 1.807) is 0 Å². The Morgan fingerprint density at radius 1 is 1.24 bits per heavy atom. The van der Waals surface area contributed by atoms with Crippen molar-refractivity contribution in [1.29, 1.82) is 0 Å². The van der Waals surface area contributed by atoms with Gasteiger partial charge in [0.2, 0.25) is 5.88 Å². The molecule has 0 aliphatic rings. The quantitative estimate of drug-likeness (QED) is 0.617. The van der Waals surface area contributed by atoms with Gasteiger partial charge in [-0.05, 0) is 12.5 Å². The lowest BCUT2D eigenvalue weighted by Gasteiger charge is -1.90. The molecule has 1 aromatic heterocycles. The van der Waals surface area contributed by atoms with E-state index >= 15 is 0 Å². The van der Waals surface area contributed by atoms with Crippen LogP contribution in [0.5, 0.6) is 5.88 Å². The van der Waals surface area contributed by atoms with Crippen molar-refractivity contribution in [1.82, 2.24) is 4.98 Å². The van der Waals surface area contributed by atoms with Crippen LogP contribution in [-0.4, -0.2) is 4.98 Å². The van der Waals surface area contributed by atoms with E-state index in [-0.39, 0.29) is 0 Å². The van der Waals surface area contributed by atoms with E-state index in [0.717, 1.165) is 23.7 Å². The van der Waals surface area contributed by atoms with Crippen LogP contribution in [0.3, 0.4) is 0 Å². The second-order valence-corrected chi connectivity index (χ2v) is 4.06. The summed E-state index contributed by atoms with van der Waals surface area (Å²) in [6.45, 7) is 2.19. The fourth-order valence-electron chi connectivity index (χ4n) is 1.71. The van der Waals surface area contributed by atoms with E-state index in [9.17, 15) is 0 Å². The van der Waals surface area contributed by atoms with E-state index in [1.165, 1.54) is 12.8 Å². The van der Waals surface area contributed by atoms with Crippen LogP contribution in [0, 0.1) is 12.0 Å². The highest BCUT2D eigenvalue weighted by atomic mass is 16.5. The van der Waals surface area contributed by atoms with Crippen LogP contribution in [0.1, 0.15) is 32.6 Å². The fraction of sp³-hybridized carbons (Fsp3) is 0.333. The molecule has 0 aliphatic heterocycles. The molecule has 0 unspecified atom stereocenters. The first-order chi connectivity index (χ1) is 8.40. The number of hydrogen-bond acceptors (Lipinski definition) is 1. The third kappa shape index (κ3) is 3.29. The Labute approximate surface area is 102 Å². The normalized spacial score (nSPS) is 9.94. The lowest BCUT2D eigenvalue weighted by molar-refractivity contribution is 0.501. The molecule has 1 heterocycles. The molecular weight excluding hydrogens is 210 g/mol. The standard InChI is InChI=1S/C15H17NO/c1-2-3-4-5-8-11-17-15-12-13-9-6-7-10-14(13)16-15/h6-7,9-10,12,16H,2-5H2,1H3. The van der Waals surface area contributed by atoms with Crippen molar-refractivity contribution < 1.29 is 4.74 Å². The Kier molecular flexibility index (Phi) is 4.10. The zero-order chi connectivity index (χ0) is 11.9. The minimum Gasteiger partial charge on any atom is -0.390 e. The molecule has 2 nitrogen and oxygen atoms in total. The van der Waals surface area contributed by atoms with Gasteiger partial charge in [0.15, 0.2) is 0 Å². The number of unbranched alkanes of at least 4 members (excludes halogenated alkanes) is 3. The van der Waals surface area contributed by atoms with Crippen LogP contribution < -0.4 is 4.74 Å². The van der Waals surface area contributed by atoms with Crippen LogP contribution in [-0.2, 0) is 0 Å². The summed E-state index contributed by atoms with van der Waals surface area (Å²) in [6.07, 6.45) is 7.27. The molecule has 0 radical (unpaired) electrons. The van der Waals surface area contributed by atoms with Gasteiger partial charge in [-0.3, -0.25) is 0 Å². The molecule has 1 aromatic carbocycles. The van der Waals surface area contributed by atoms with Crippen LogP contribution >= 0.6 is 0 Å². The average molecular weight is 227 g/mol. The van der Waals surface area contributed by atoms with Crippen molar-refractivity contribution in [2.24, 2.45) is 0 Å². The maximum absolute atomic E-state index is 5.35. The van der Waals surface area contributed by atoms with Gasteiger partial charge in [0.25, 0.3) is 0 Å². The van der Waals surface area contributed by atoms with Crippen molar-refractivity contribution in [3.63, 3.8) is 0 Å². The number of aromatic amines is 1. The number of aromatic nitrogens is 1. The molecule has 0 amide bonds. The molecule has 17 heavy (non-hydrogen) atoms. The lowest BCUT2D eigenvalue weighted by Crippen LogP contribution is -1.81. The number of nitrogens with one attached hydrogen (secondary N) is 1. The van der Waals surface area contributed by atoms with E-state index in [1.807, 2.05) is 30.3 Å². The molecule has 2 aromatic rings. The van der Waals surface area contributed by atoms with Crippen LogP contribution in [0.2, 0.25) is 0 Å². The van der Waals surface area contributed by atoms with Crippen molar-refractivity contribution >= 4 is 10.9 Å². The van der Waals surface area contributed by atoms with E-state index < -0.39 is 0 Å². The van der Waals surface area contributed by atoms with Crippen molar-refractivity contribution in [2.75, 3.05) is 0 Å². The summed E-state index contributed by atoms with van der Waals surface area (Å²) in [4.78, 5) is 3.17. The number of para-hydroxylation sites is 1. The molecule has 1 N–H and O–H groups in total. The number of benzene rings is 1. The van der Waals surface area contributed by atoms with Crippen LogP contribution in [0.4, 0.5) is 0 Å². The second-order valence-electron chi connectivity index (χ2n) is 4.06. The molecule has 2 rings (SSSR count). The van der Waals surface area contributed by atoms with Gasteiger partial charge in [0, 0.05) is 23.4 Å². The zero-order valence-corrected chi connectivity index (χ0v) is 10.1. The summed E-state index contributed by atoms with van der Waals surface area (Å²) in [5, 5.41) is 1.15. The number of ether oxygens (including phenoxy) is 1. The molecule has 0 bridgehead atoms. The van der Waals surface area contributed by atoms with Crippen molar-refractivity contribution in [3.05, 3.63) is 30.3 Å². The van der Waals surface area contributed by atoms with Gasteiger partial charge in [0.05, 0.1) is 0 Å². The van der Waals surface area contributed by atoms with Gasteiger partial charge in [-0.1, -0.05) is 43.9 Å². The zero-order valence-electron chi connectivity index (χ0n) is 10.1. The Morgan fingerprint density at radius 2 is 2.12 bits per heavy atom. The monoisotopic (exact) mass is 227 g/mol. The summed E-state index contributed by atoms with van der Waals surface area (Å²) >= 11 is 0. The van der Waals surface area contributed by atoms with E-state index in [0.29, 0.717) is 5.88 Å². The smallest absolute Gasteiger partial charge is 0.210 e. The minimum absolute atomic E-state index is 0.717. The van der Waals surface area contributed by atoms with E-state index in [2.05, 4.69) is 23.9 Å². The van der Waals surface area contributed by atoms with Crippen molar-refractivity contribution in [2.45, 2.75) is 32.6 Å². The molecule has 0 aliphatic carbocycles. The summed E-state index contributed by atoms with van der Waals surface area (Å²) in [5.74, 6) is 3.74. The molecule has 0 spiro atoms. The number of H-pyrrole nitrogens is 1. The summed E-state index contributed by atoms with van der Waals surface area (Å²) < 4.78 is 5.35. The molecule has 2 heteroatoms. The summed E-state index contributed by atoms with van der Waals surface area (Å²) in [7, 11) is 0. The maximum Gasteiger partial charge on any atom is 0.210 e. The van der Waals surface area contributed by atoms with Crippen LogP contribution in [0.15, 0.2) is 30.3 Å². The Balaban J connectivity index is 1.90. The van der Waals surface area contributed by atoms with Crippen molar-refractivity contribution in [3.8, 4) is 17.9 Å². The molecular formula is C15H17NO. The lowest BCUT2D eigenvalue weighted by atomic mass is 10.2. The molecule has 0 saturated carbocycles. The van der Waals surface area contributed by atoms with Gasteiger partial charge >= 0.3 is 0 Å². The summed E-state index contributed by atoms with van der Waals surface area (Å²) in [5.41, 5.74) is 1.08. The highest BCUT2D eigenvalue weighted by Gasteiger charge is 1.98. The first kappa shape index (κ1) is 11.6. The summed E-state index contributed by atoms with van der Waals surface area (Å²) in [6, 6.07) is 10.1. The van der Waals surface area contributed by atoms with Gasteiger partial charge in [-0.2, -0.15) is 0 Å². The average Bonchev–Trinajstić information content (AvgIpc) is 2.76. The van der Waals surface area contributed by atoms with E-state index in [4.69, 9.17) is 4.74 Å². The van der Waals surface area contributed by atoms with Gasteiger partial charge in [-0.15, -0.1) is 0 Å². The largest absolute Gasteiger partial charge is 0.390 e. The predicted octanol–water partition coefficient (Wildman–Crippen LogP) is 4.09. The highest BCUT2D eigenvalue weighted by Crippen LogP contribution is 2.19. The SMILES string of the molecule is CCCCCC#COc1cc2ccccc2[nH]1. The molecule has 88 valence electrons. The van der Waals surface area contributed by atoms with Gasteiger partial charge in [-0.25, -0.2) is 0 Å². The number of rotatable bonds is 4. The van der Waals surface area contributed by atoms with Gasteiger partial charge < -0.3 is 9.72 Å². The Hall–Kier alpha value is -1.88. The topological polar surface area (TPSA) is 25.0 Å². The molecule has 0 fully saturated rings. The predicted molar refractivity (Wildman–Crippen MR) is 70.8 cm³/mol. The molecule has 0 saturated heterocycles. The second kappa shape index (κ2) is 6.00. The van der Waals surface area contributed by atoms with Crippen LogP contribution in [0.25, 0.3) is 10.9 Å². The fourth-order valence-corrected chi connectivity index (χ4v) is 1.71. The molecule has 0 atom stereocenters. The number of hydrogen-bond donors (Lipinski definition) is 1. The maximum atomic E-state index is 5.35.